The second-order valence-corrected chi connectivity index (χ2v) is 8.26. The monoisotopic (exact) mass is 470 g/mol. The molecular formula is C22H26N6O6. The summed E-state index contributed by atoms with van der Waals surface area (Å²) in [7, 11) is 0. The van der Waals surface area contributed by atoms with E-state index in [0.717, 1.165) is 17.0 Å². The van der Waals surface area contributed by atoms with Crippen LogP contribution in [0.2, 0.25) is 0 Å². The highest BCUT2D eigenvalue weighted by Gasteiger charge is 2.44. The van der Waals surface area contributed by atoms with E-state index in [9.17, 15) is 15.0 Å². The van der Waals surface area contributed by atoms with Crippen LogP contribution in [0.15, 0.2) is 43.0 Å². The van der Waals surface area contributed by atoms with E-state index in [1.807, 2.05) is 30.3 Å². The molecule has 34 heavy (non-hydrogen) atoms. The lowest BCUT2D eigenvalue weighted by Crippen LogP contribution is -2.36. The van der Waals surface area contributed by atoms with Gasteiger partial charge in [-0.2, -0.15) is 0 Å². The van der Waals surface area contributed by atoms with Crippen molar-refractivity contribution in [1.82, 2.24) is 24.6 Å². The first-order chi connectivity index (χ1) is 16.6. The molecule has 3 aromatic rings. The molecule has 0 spiro atoms. The van der Waals surface area contributed by atoms with Crippen LogP contribution in [0.1, 0.15) is 18.2 Å². The van der Waals surface area contributed by atoms with Crippen LogP contribution in [0.3, 0.4) is 0 Å². The fraction of sp³-hybridized carbons (Fsp3) is 0.455. The minimum Gasteiger partial charge on any atom is -0.387 e. The summed E-state index contributed by atoms with van der Waals surface area (Å²) in [5, 5.41) is 25.7. The molecule has 12 heteroatoms. The summed E-state index contributed by atoms with van der Waals surface area (Å²) in [6.45, 7) is 1.39. The number of amides is 1. The Bertz CT molecular complexity index is 1110. The quantitative estimate of drug-likeness (QED) is 0.294. The van der Waals surface area contributed by atoms with Crippen LogP contribution < -0.4 is 5.32 Å². The Kier molecular flexibility index (Phi) is 6.65. The molecule has 0 unspecified atom stereocenters. The number of imidazole rings is 1. The molecule has 2 aromatic heterocycles. The van der Waals surface area contributed by atoms with Crippen molar-refractivity contribution in [3.63, 3.8) is 0 Å². The molecule has 2 fully saturated rings. The number of nitrogens with zero attached hydrogens (tertiary/aromatic N) is 5. The number of benzene rings is 1. The Balaban J connectivity index is 1.27. The first-order valence-electron chi connectivity index (χ1n) is 11.1. The maximum Gasteiger partial charge on any atom is 0.233 e. The molecule has 2 aliphatic heterocycles. The van der Waals surface area contributed by atoms with E-state index in [0.29, 0.717) is 36.6 Å². The fourth-order valence-electron chi connectivity index (χ4n) is 4.13. The Morgan fingerprint density at radius 1 is 1.21 bits per heavy atom. The Morgan fingerprint density at radius 2 is 2.06 bits per heavy atom. The lowest BCUT2D eigenvalue weighted by Gasteiger charge is -2.21. The van der Waals surface area contributed by atoms with Crippen LogP contribution in [-0.2, 0) is 25.7 Å². The molecule has 5 rings (SSSR count). The minimum absolute atomic E-state index is 0.129. The lowest BCUT2D eigenvalue weighted by atomic mass is 10.1. The molecule has 4 heterocycles. The van der Waals surface area contributed by atoms with Crippen molar-refractivity contribution in [3.8, 4) is 0 Å². The number of nitrogens with one attached hydrogen (secondary N) is 1. The number of rotatable bonds is 9. The summed E-state index contributed by atoms with van der Waals surface area (Å²) in [6.07, 6.45) is 0.0340. The number of hydrogen-bond donors (Lipinski definition) is 3. The van der Waals surface area contributed by atoms with Gasteiger partial charge in [-0.1, -0.05) is 30.3 Å². The number of carbonyl (C=O) groups is 1. The highest BCUT2D eigenvalue weighted by Crippen LogP contribution is 2.32. The number of anilines is 1. The SMILES string of the molecule is O=CN(Cc1ccccc1)OC[C@H]1O[C@@H](n2cnc3c(N[C@@H]4CCOC4)ncnc32)[C@H](O)[C@@H]1O. The summed E-state index contributed by atoms with van der Waals surface area (Å²) in [5.41, 5.74) is 1.86. The van der Waals surface area contributed by atoms with Gasteiger partial charge in [-0.15, -0.1) is 0 Å². The molecule has 3 N–H and O–H groups in total. The average molecular weight is 470 g/mol. The highest BCUT2D eigenvalue weighted by atomic mass is 16.7. The van der Waals surface area contributed by atoms with Gasteiger partial charge in [0.1, 0.15) is 31.2 Å². The van der Waals surface area contributed by atoms with Gasteiger partial charge in [-0.25, -0.2) is 20.0 Å². The normalized spacial score (nSPS) is 26.7. The van der Waals surface area contributed by atoms with Crippen molar-refractivity contribution in [2.24, 2.45) is 0 Å². The van der Waals surface area contributed by atoms with Crippen molar-refractivity contribution in [2.45, 2.75) is 43.5 Å². The zero-order valence-electron chi connectivity index (χ0n) is 18.3. The molecule has 0 aliphatic carbocycles. The van der Waals surface area contributed by atoms with Gasteiger partial charge in [0.25, 0.3) is 0 Å². The van der Waals surface area contributed by atoms with Crippen molar-refractivity contribution in [3.05, 3.63) is 48.5 Å². The van der Waals surface area contributed by atoms with Crippen LogP contribution in [0.4, 0.5) is 5.82 Å². The van der Waals surface area contributed by atoms with E-state index in [2.05, 4.69) is 20.3 Å². The Hall–Kier alpha value is -3.16. The van der Waals surface area contributed by atoms with E-state index in [1.165, 1.54) is 12.7 Å². The van der Waals surface area contributed by atoms with Gasteiger partial charge in [-0.3, -0.25) is 14.2 Å². The zero-order valence-corrected chi connectivity index (χ0v) is 18.3. The molecule has 0 saturated carbocycles. The van der Waals surface area contributed by atoms with E-state index >= 15 is 0 Å². The van der Waals surface area contributed by atoms with Crippen LogP contribution in [0, 0.1) is 0 Å². The van der Waals surface area contributed by atoms with Crippen LogP contribution in [0.5, 0.6) is 0 Å². The third-order valence-corrected chi connectivity index (χ3v) is 5.94. The maximum absolute atomic E-state index is 11.4. The highest BCUT2D eigenvalue weighted by molar-refractivity contribution is 5.82. The Labute approximate surface area is 195 Å². The molecule has 0 bridgehead atoms. The summed E-state index contributed by atoms with van der Waals surface area (Å²) < 4.78 is 12.9. The average Bonchev–Trinajstić information content (AvgIpc) is 3.59. The van der Waals surface area contributed by atoms with Gasteiger partial charge in [0.05, 0.1) is 25.5 Å². The number of fused-ring (bicyclic) bond motifs is 1. The van der Waals surface area contributed by atoms with Crippen LogP contribution in [-0.4, -0.2) is 85.4 Å². The predicted octanol–water partition coefficient (Wildman–Crippen LogP) is 0.236. The number of aliphatic hydroxyl groups excluding tert-OH is 2. The maximum atomic E-state index is 11.4. The first kappa shape index (κ1) is 22.6. The number of hydrogen-bond acceptors (Lipinski definition) is 10. The molecule has 180 valence electrons. The molecule has 1 aromatic carbocycles. The summed E-state index contributed by atoms with van der Waals surface area (Å²) in [6, 6.07) is 9.49. The van der Waals surface area contributed by atoms with E-state index in [4.69, 9.17) is 14.3 Å². The topological polar surface area (TPSA) is 144 Å². The molecule has 2 saturated heterocycles. The number of hydroxylamine groups is 2. The smallest absolute Gasteiger partial charge is 0.233 e. The van der Waals surface area contributed by atoms with Gasteiger partial charge < -0.3 is 25.0 Å². The van der Waals surface area contributed by atoms with Gasteiger partial charge in [0.2, 0.25) is 6.41 Å². The fourth-order valence-corrected chi connectivity index (χ4v) is 4.13. The Morgan fingerprint density at radius 3 is 2.82 bits per heavy atom. The van der Waals surface area contributed by atoms with Gasteiger partial charge in [0.15, 0.2) is 23.2 Å². The second kappa shape index (κ2) is 9.99. The van der Waals surface area contributed by atoms with Crippen LogP contribution >= 0.6 is 0 Å². The zero-order chi connectivity index (χ0) is 23.5. The molecule has 0 radical (unpaired) electrons. The molecular weight excluding hydrogens is 444 g/mol. The number of carbonyl (C=O) groups excluding carboxylic acids is 1. The van der Waals surface area contributed by atoms with Gasteiger partial charge in [-0.05, 0) is 12.0 Å². The predicted molar refractivity (Wildman–Crippen MR) is 118 cm³/mol. The van der Waals surface area contributed by atoms with Crippen LogP contribution in [0.25, 0.3) is 11.2 Å². The third-order valence-electron chi connectivity index (χ3n) is 5.94. The summed E-state index contributed by atoms with van der Waals surface area (Å²) in [5.74, 6) is 0.565. The first-order valence-corrected chi connectivity index (χ1v) is 11.1. The summed E-state index contributed by atoms with van der Waals surface area (Å²) in [4.78, 5) is 29.9. The number of ether oxygens (including phenoxy) is 2. The summed E-state index contributed by atoms with van der Waals surface area (Å²) >= 11 is 0. The van der Waals surface area contributed by atoms with Gasteiger partial charge >= 0.3 is 0 Å². The molecule has 2 aliphatic rings. The number of aliphatic hydroxyl groups is 2. The van der Waals surface area contributed by atoms with E-state index < -0.39 is 24.5 Å². The minimum atomic E-state index is -1.25. The molecule has 1 amide bonds. The lowest BCUT2D eigenvalue weighted by molar-refractivity contribution is -0.194. The second-order valence-electron chi connectivity index (χ2n) is 8.26. The largest absolute Gasteiger partial charge is 0.387 e. The van der Waals surface area contributed by atoms with E-state index in [1.54, 1.807) is 4.57 Å². The van der Waals surface area contributed by atoms with Crippen molar-refractivity contribution >= 4 is 23.4 Å². The van der Waals surface area contributed by atoms with Crippen molar-refractivity contribution < 1.29 is 29.3 Å². The molecule has 5 atom stereocenters. The molecule has 12 nitrogen and oxygen atoms in total. The van der Waals surface area contributed by atoms with Gasteiger partial charge in [0, 0.05) is 6.61 Å². The standard InChI is InChI=1S/C22H26N6O6/c29-13-27(8-14-4-2-1-3-5-14)33-10-16-18(30)19(31)22(34-16)28-12-25-17-20(23-11-24-21(17)28)26-15-6-7-32-9-15/h1-5,11-13,15-16,18-19,22,30-31H,6-10H2,(H,23,24,26)/t15-,16-,18-,19-,22-/m1/s1. The number of aromatic nitrogens is 4. The van der Waals surface area contributed by atoms with Crippen molar-refractivity contribution in [1.29, 1.82) is 0 Å². The van der Waals surface area contributed by atoms with Crippen molar-refractivity contribution in [2.75, 3.05) is 25.1 Å². The third kappa shape index (κ3) is 4.58. The van der Waals surface area contributed by atoms with E-state index in [-0.39, 0.29) is 19.2 Å².